The van der Waals surface area contributed by atoms with Gasteiger partial charge in [-0.05, 0) is 30.9 Å². The van der Waals surface area contributed by atoms with Crippen molar-refractivity contribution in [2.75, 3.05) is 0 Å². The molecule has 1 aromatic rings. The van der Waals surface area contributed by atoms with Crippen LogP contribution in [0.15, 0.2) is 24.5 Å². The molecule has 1 amide bonds. The van der Waals surface area contributed by atoms with E-state index in [1.165, 1.54) is 0 Å². The van der Waals surface area contributed by atoms with Crippen LogP contribution in [0.1, 0.15) is 38.8 Å². The molecular weight excluding hydrogens is 214 g/mol. The highest BCUT2D eigenvalue weighted by Crippen LogP contribution is 2.10. The Balaban J connectivity index is 2.51. The number of nitrogens with one attached hydrogen (secondary N) is 1. The minimum atomic E-state index is -0.436. The molecule has 17 heavy (non-hydrogen) atoms. The Labute approximate surface area is 103 Å². The van der Waals surface area contributed by atoms with Gasteiger partial charge in [-0.2, -0.15) is 0 Å². The summed E-state index contributed by atoms with van der Waals surface area (Å²) in [6, 6.07) is 3.29. The van der Waals surface area contributed by atoms with Crippen molar-refractivity contribution in [1.29, 1.82) is 0 Å². The predicted octanol–water partition coefficient (Wildman–Crippen LogP) is 1.63. The molecule has 1 rings (SSSR count). The van der Waals surface area contributed by atoms with Gasteiger partial charge >= 0.3 is 0 Å². The van der Waals surface area contributed by atoms with Crippen molar-refractivity contribution < 1.29 is 4.79 Å². The van der Waals surface area contributed by atoms with Gasteiger partial charge in [-0.15, -0.1) is 0 Å². The monoisotopic (exact) mass is 235 g/mol. The molecule has 0 saturated carbocycles. The summed E-state index contributed by atoms with van der Waals surface area (Å²) in [5.41, 5.74) is 6.80. The summed E-state index contributed by atoms with van der Waals surface area (Å²) < 4.78 is 0. The number of carbonyl (C=O) groups excluding carboxylic acids is 1. The number of nitrogens with zero attached hydrogens (tertiary/aromatic N) is 1. The molecule has 0 fully saturated rings. The molecule has 4 heteroatoms. The molecule has 0 saturated heterocycles. The molecule has 2 atom stereocenters. The van der Waals surface area contributed by atoms with E-state index in [2.05, 4.69) is 24.1 Å². The average Bonchev–Trinajstić information content (AvgIpc) is 2.29. The molecule has 4 nitrogen and oxygen atoms in total. The van der Waals surface area contributed by atoms with E-state index in [0.717, 1.165) is 5.56 Å². The van der Waals surface area contributed by atoms with Crippen molar-refractivity contribution in [2.24, 2.45) is 11.7 Å². The van der Waals surface area contributed by atoms with Crippen molar-refractivity contribution in [3.8, 4) is 0 Å². The Morgan fingerprint density at radius 1 is 1.47 bits per heavy atom. The molecule has 2 unspecified atom stereocenters. The summed E-state index contributed by atoms with van der Waals surface area (Å²) in [4.78, 5) is 15.8. The lowest BCUT2D eigenvalue weighted by Gasteiger charge is -2.18. The molecule has 0 aromatic carbocycles. The van der Waals surface area contributed by atoms with Gasteiger partial charge in [0.25, 0.3) is 0 Å². The number of hydrogen-bond acceptors (Lipinski definition) is 3. The van der Waals surface area contributed by atoms with Crippen LogP contribution in [0.2, 0.25) is 0 Å². The van der Waals surface area contributed by atoms with E-state index in [9.17, 15) is 4.79 Å². The van der Waals surface area contributed by atoms with Crippen LogP contribution in [0.3, 0.4) is 0 Å². The van der Waals surface area contributed by atoms with Gasteiger partial charge in [0.05, 0.1) is 12.1 Å². The average molecular weight is 235 g/mol. The smallest absolute Gasteiger partial charge is 0.237 e. The van der Waals surface area contributed by atoms with Gasteiger partial charge in [-0.3, -0.25) is 9.78 Å². The first-order valence-corrected chi connectivity index (χ1v) is 5.96. The quantitative estimate of drug-likeness (QED) is 0.815. The van der Waals surface area contributed by atoms with Gasteiger partial charge in [-0.1, -0.05) is 19.9 Å². The van der Waals surface area contributed by atoms with E-state index in [1.54, 1.807) is 12.4 Å². The molecule has 1 heterocycles. The molecule has 0 aliphatic rings. The lowest BCUT2D eigenvalue weighted by atomic mass is 10.0. The van der Waals surface area contributed by atoms with Gasteiger partial charge in [0.2, 0.25) is 5.91 Å². The molecule has 94 valence electrons. The van der Waals surface area contributed by atoms with Crippen molar-refractivity contribution in [3.63, 3.8) is 0 Å². The number of pyridine rings is 1. The number of carbonyl (C=O) groups is 1. The molecule has 0 bridgehead atoms. The third kappa shape index (κ3) is 4.53. The maximum atomic E-state index is 11.8. The highest BCUT2D eigenvalue weighted by Gasteiger charge is 2.17. The maximum absolute atomic E-state index is 11.8. The normalized spacial score (nSPS) is 14.4. The summed E-state index contributed by atoms with van der Waals surface area (Å²) in [5, 5.41) is 2.90. The van der Waals surface area contributed by atoms with E-state index in [4.69, 9.17) is 5.73 Å². The van der Waals surface area contributed by atoms with E-state index in [-0.39, 0.29) is 11.9 Å². The molecule has 3 N–H and O–H groups in total. The van der Waals surface area contributed by atoms with Crippen LogP contribution >= 0.6 is 0 Å². The number of aromatic nitrogens is 1. The molecule has 0 spiro atoms. The van der Waals surface area contributed by atoms with Crippen molar-refractivity contribution in [3.05, 3.63) is 30.1 Å². The molecule has 0 aliphatic heterocycles. The third-order valence-corrected chi connectivity index (χ3v) is 2.61. The Bertz CT molecular complexity index is 351. The van der Waals surface area contributed by atoms with Crippen molar-refractivity contribution >= 4 is 5.91 Å². The summed E-state index contributed by atoms with van der Waals surface area (Å²) in [6.07, 6.45) is 4.16. The second-order valence-corrected chi connectivity index (χ2v) is 4.75. The Kier molecular flexibility index (Phi) is 5.10. The number of hydrogen-bond donors (Lipinski definition) is 2. The second kappa shape index (κ2) is 6.35. The van der Waals surface area contributed by atoms with Crippen LogP contribution in [0.25, 0.3) is 0 Å². The van der Waals surface area contributed by atoms with E-state index >= 15 is 0 Å². The maximum Gasteiger partial charge on any atom is 0.237 e. The second-order valence-electron chi connectivity index (χ2n) is 4.75. The van der Waals surface area contributed by atoms with Gasteiger partial charge in [0.1, 0.15) is 0 Å². The van der Waals surface area contributed by atoms with Crippen LogP contribution in [0.4, 0.5) is 0 Å². The summed E-state index contributed by atoms with van der Waals surface area (Å²) in [6.45, 7) is 6.03. The fourth-order valence-electron chi connectivity index (χ4n) is 1.65. The van der Waals surface area contributed by atoms with Crippen LogP contribution < -0.4 is 11.1 Å². The van der Waals surface area contributed by atoms with Crippen LogP contribution in [-0.2, 0) is 4.79 Å². The molecule has 0 aliphatic carbocycles. The summed E-state index contributed by atoms with van der Waals surface area (Å²) >= 11 is 0. The Morgan fingerprint density at radius 2 is 2.18 bits per heavy atom. The number of nitrogens with two attached hydrogens (primary N) is 1. The van der Waals surface area contributed by atoms with Crippen LogP contribution in [-0.4, -0.2) is 16.9 Å². The Morgan fingerprint density at radius 3 is 2.71 bits per heavy atom. The molecular formula is C13H21N3O. The van der Waals surface area contributed by atoms with E-state index in [0.29, 0.717) is 12.3 Å². The predicted molar refractivity (Wildman–Crippen MR) is 68.2 cm³/mol. The zero-order chi connectivity index (χ0) is 12.8. The SMILES string of the molecule is CC(C)CC(N)C(=O)NC(C)c1cccnc1. The Hall–Kier alpha value is -1.42. The minimum absolute atomic E-state index is 0.0607. The van der Waals surface area contributed by atoms with Gasteiger partial charge in [-0.25, -0.2) is 0 Å². The fourth-order valence-corrected chi connectivity index (χ4v) is 1.65. The highest BCUT2D eigenvalue weighted by atomic mass is 16.2. The fraction of sp³-hybridized carbons (Fsp3) is 0.538. The standard InChI is InChI=1S/C13H21N3O/c1-9(2)7-12(14)13(17)16-10(3)11-5-4-6-15-8-11/h4-6,8-10,12H,7,14H2,1-3H3,(H,16,17). The summed E-state index contributed by atoms with van der Waals surface area (Å²) in [5.74, 6) is 0.319. The largest absolute Gasteiger partial charge is 0.348 e. The highest BCUT2D eigenvalue weighted by molar-refractivity contribution is 5.81. The van der Waals surface area contributed by atoms with E-state index < -0.39 is 6.04 Å². The van der Waals surface area contributed by atoms with Crippen LogP contribution in [0.5, 0.6) is 0 Å². The first-order valence-electron chi connectivity index (χ1n) is 5.96. The first-order chi connectivity index (χ1) is 8.00. The minimum Gasteiger partial charge on any atom is -0.348 e. The zero-order valence-electron chi connectivity index (χ0n) is 10.7. The molecule has 0 radical (unpaired) electrons. The topological polar surface area (TPSA) is 68.0 Å². The van der Waals surface area contributed by atoms with E-state index in [1.807, 2.05) is 19.1 Å². The molecule has 1 aromatic heterocycles. The van der Waals surface area contributed by atoms with Crippen LogP contribution in [0, 0.1) is 5.92 Å². The van der Waals surface area contributed by atoms with Crippen molar-refractivity contribution in [1.82, 2.24) is 10.3 Å². The third-order valence-electron chi connectivity index (χ3n) is 2.61. The lowest BCUT2D eigenvalue weighted by Crippen LogP contribution is -2.42. The first kappa shape index (κ1) is 13.6. The van der Waals surface area contributed by atoms with Gasteiger partial charge < -0.3 is 11.1 Å². The van der Waals surface area contributed by atoms with Gasteiger partial charge in [0, 0.05) is 12.4 Å². The summed E-state index contributed by atoms with van der Waals surface area (Å²) in [7, 11) is 0. The van der Waals surface area contributed by atoms with Gasteiger partial charge in [0.15, 0.2) is 0 Å². The lowest BCUT2D eigenvalue weighted by molar-refractivity contribution is -0.123. The zero-order valence-corrected chi connectivity index (χ0v) is 10.7. The number of amides is 1. The number of rotatable bonds is 5. The van der Waals surface area contributed by atoms with Crippen molar-refractivity contribution in [2.45, 2.75) is 39.3 Å².